The number of carbonyl (C=O) groups excluding carboxylic acids is 2. The second-order valence-electron chi connectivity index (χ2n) is 4.50. The fourth-order valence-corrected chi connectivity index (χ4v) is 1.91. The topological polar surface area (TPSA) is 71.3 Å². The van der Waals surface area contributed by atoms with Crippen LogP contribution in [0.3, 0.4) is 0 Å². The van der Waals surface area contributed by atoms with Gasteiger partial charge in [-0.3, -0.25) is 9.59 Å². The Morgan fingerprint density at radius 3 is 2.76 bits per heavy atom. The van der Waals surface area contributed by atoms with Crippen LogP contribution >= 0.6 is 11.6 Å². The van der Waals surface area contributed by atoms with Crippen LogP contribution in [0.5, 0.6) is 0 Å². The van der Waals surface area contributed by atoms with Gasteiger partial charge in [-0.1, -0.05) is 17.7 Å². The molecular weight excluding hydrogens is 292 g/mol. The lowest BCUT2D eigenvalue weighted by atomic mass is 10.2. The summed E-state index contributed by atoms with van der Waals surface area (Å²) in [4.78, 5) is 23.9. The van der Waals surface area contributed by atoms with Crippen molar-refractivity contribution in [2.75, 3.05) is 0 Å². The van der Waals surface area contributed by atoms with Crippen LogP contribution in [0.4, 0.5) is 0 Å². The molecule has 2 amide bonds. The molecule has 1 atom stereocenters. The molecule has 0 spiro atoms. The summed E-state index contributed by atoms with van der Waals surface area (Å²) in [6.45, 7) is 1.89. The van der Waals surface area contributed by atoms with Crippen LogP contribution < -0.4 is 10.6 Å². The summed E-state index contributed by atoms with van der Waals surface area (Å²) in [6.07, 6.45) is 1.53. The van der Waals surface area contributed by atoms with Gasteiger partial charge in [0.1, 0.15) is 11.8 Å². The molecule has 1 heterocycles. The molecule has 1 aromatic heterocycles. The molecule has 6 heteroatoms. The maximum atomic E-state index is 12.0. The van der Waals surface area contributed by atoms with Gasteiger partial charge in [-0.2, -0.15) is 0 Å². The number of furan rings is 1. The van der Waals surface area contributed by atoms with Gasteiger partial charge in [0.05, 0.1) is 12.8 Å². The van der Waals surface area contributed by atoms with E-state index in [1.807, 2.05) is 0 Å². The summed E-state index contributed by atoms with van der Waals surface area (Å²) in [7, 11) is 0. The molecule has 21 heavy (non-hydrogen) atoms. The smallest absolute Gasteiger partial charge is 0.251 e. The minimum Gasteiger partial charge on any atom is -0.467 e. The maximum Gasteiger partial charge on any atom is 0.251 e. The summed E-state index contributed by atoms with van der Waals surface area (Å²) in [5.74, 6) is 0.0108. The minimum atomic E-state index is -0.661. The molecule has 0 bridgehead atoms. The highest BCUT2D eigenvalue weighted by Crippen LogP contribution is 2.10. The highest BCUT2D eigenvalue weighted by molar-refractivity contribution is 6.31. The highest BCUT2D eigenvalue weighted by atomic mass is 35.5. The van der Waals surface area contributed by atoms with Gasteiger partial charge in [-0.25, -0.2) is 0 Å². The van der Waals surface area contributed by atoms with Crippen molar-refractivity contribution in [3.63, 3.8) is 0 Å². The van der Waals surface area contributed by atoms with Crippen LogP contribution in [-0.2, 0) is 11.3 Å². The lowest BCUT2D eigenvalue weighted by Crippen LogP contribution is -2.44. The number of carbonyl (C=O) groups is 2. The third-order valence-electron chi connectivity index (χ3n) is 2.84. The van der Waals surface area contributed by atoms with Gasteiger partial charge in [-0.05, 0) is 37.3 Å². The minimum absolute atomic E-state index is 0.281. The molecule has 2 rings (SSSR count). The molecule has 0 fully saturated rings. The summed E-state index contributed by atoms with van der Waals surface area (Å²) in [5.41, 5.74) is 0.410. The van der Waals surface area contributed by atoms with E-state index in [9.17, 15) is 9.59 Å². The van der Waals surface area contributed by atoms with E-state index in [1.165, 1.54) is 6.26 Å². The number of amides is 2. The van der Waals surface area contributed by atoms with Gasteiger partial charge in [0.2, 0.25) is 5.91 Å². The molecule has 110 valence electrons. The Hall–Kier alpha value is -2.27. The normalized spacial score (nSPS) is 11.7. The predicted octanol–water partition coefficient (Wildman–Crippen LogP) is 2.37. The number of benzene rings is 1. The molecule has 2 aromatic rings. The molecule has 0 aliphatic rings. The zero-order chi connectivity index (χ0) is 15.2. The van der Waals surface area contributed by atoms with Crippen molar-refractivity contribution >= 4 is 23.4 Å². The van der Waals surface area contributed by atoms with E-state index in [1.54, 1.807) is 43.3 Å². The van der Waals surface area contributed by atoms with E-state index in [4.69, 9.17) is 16.0 Å². The van der Waals surface area contributed by atoms with E-state index >= 15 is 0 Å². The van der Waals surface area contributed by atoms with Gasteiger partial charge in [0.25, 0.3) is 5.91 Å². The lowest BCUT2D eigenvalue weighted by Gasteiger charge is -2.13. The van der Waals surface area contributed by atoms with Crippen LogP contribution in [0, 0.1) is 0 Å². The van der Waals surface area contributed by atoms with Crippen LogP contribution in [0.15, 0.2) is 47.1 Å². The van der Waals surface area contributed by atoms with Crippen LogP contribution in [0.25, 0.3) is 0 Å². The average molecular weight is 307 g/mol. The Morgan fingerprint density at radius 2 is 2.10 bits per heavy atom. The first kappa shape index (κ1) is 15.1. The second-order valence-corrected chi connectivity index (χ2v) is 4.94. The Morgan fingerprint density at radius 1 is 1.29 bits per heavy atom. The molecule has 0 saturated heterocycles. The number of hydrogen-bond acceptors (Lipinski definition) is 3. The van der Waals surface area contributed by atoms with E-state index in [-0.39, 0.29) is 18.4 Å². The zero-order valence-corrected chi connectivity index (χ0v) is 12.2. The first-order chi connectivity index (χ1) is 10.1. The van der Waals surface area contributed by atoms with E-state index < -0.39 is 6.04 Å². The van der Waals surface area contributed by atoms with Gasteiger partial charge >= 0.3 is 0 Å². The van der Waals surface area contributed by atoms with Gasteiger partial charge in [0.15, 0.2) is 0 Å². The fourth-order valence-electron chi connectivity index (χ4n) is 1.72. The summed E-state index contributed by atoms with van der Waals surface area (Å²) in [6, 6.07) is 9.38. The second kappa shape index (κ2) is 6.95. The van der Waals surface area contributed by atoms with Gasteiger partial charge < -0.3 is 15.1 Å². The monoisotopic (exact) mass is 306 g/mol. The van der Waals surface area contributed by atoms with Crippen molar-refractivity contribution in [3.05, 3.63) is 59.0 Å². The molecule has 0 saturated carbocycles. The van der Waals surface area contributed by atoms with E-state index in [0.717, 1.165) is 0 Å². The first-order valence-electron chi connectivity index (χ1n) is 6.43. The SMILES string of the molecule is C[C@H](NC(=O)c1cccc(Cl)c1)C(=O)NCc1ccco1. The summed E-state index contributed by atoms with van der Waals surface area (Å²) in [5, 5.41) is 5.76. The fraction of sp³-hybridized carbons (Fsp3) is 0.200. The number of nitrogens with one attached hydrogen (secondary N) is 2. The van der Waals surface area contributed by atoms with Crippen molar-refractivity contribution in [2.24, 2.45) is 0 Å². The maximum absolute atomic E-state index is 12.0. The van der Waals surface area contributed by atoms with Crippen LogP contribution in [0.1, 0.15) is 23.0 Å². The largest absolute Gasteiger partial charge is 0.467 e. The third kappa shape index (κ3) is 4.36. The number of halogens is 1. The predicted molar refractivity (Wildman–Crippen MR) is 78.9 cm³/mol. The Labute approximate surface area is 127 Å². The summed E-state index contributed by atoms with van der Waals surface area (Å²) < 4.78 is 5.11. The Kier molecular flexibility index (Phi) is 5.00. The van der Waals surface area contributed by atoms with E-state index in [2.05, 4.69) is 10.6 Å². The molecule has 2 N–H and O–H groups in total. The van der Waals surface area contributed by atoms with Crippen molar-refractivity contribution in [1.82, 2.24) is 10.6 Å². The Balaban J connectivity index is 1.86. The van der Waals surface area contributed by atoms with Crippen LogP contribution in [0.2, 0.25) is 5.02 Å². The lowest BCUT2D eigenvalue weighted by molar-refractivity contribution is -0.122. The molecule has 0 aliphatic heterocycles. The molecule has 0 aliphatic carbocycles. The molecule has 0 radical (unpaired) electrons. The van der Waals surface area contributed by atoms with E-state index in [0.29, 0.717) is 16.3 Å². The number of rotatable bonds is 5. The van der Waals surface area contributed by atoms with Crippen LogP contribution in [-0.4, -0.2) is 17.9 Å². The molecule has 0 unspecified atom stereocenters. The highest BCUT2D eigenvalue weighted by Gasteiger charge is 2.16. The van der Waals surface area contributed by atoms with Gasteiger partial charge in [-0.15, -0.1) is 0 Å². The molecular formula is C15H15ClN2O3. The number of hydrogen-bond donors (Lipinski definition) is 2. The molecule has 1 aromatic carbocycles. The van der Waals surface area contributed by atoms with Crippen molar-refractivity contribution in [1.29, 1.82) is 0 Å². The first-order valence-corrected chi connectivity index (χ1v) is 6.80. The van der Waals surface area contributed by atoms with Crippen molar-refractivity contribution in [2.45, 2.75) is 19.5 Å². The standard InChI is InChI=1S/C15H15ClN2O3/c1-10(14(19)17-9-13-6-3-7-21-13)18-15(20)11-4-2-5-12(16)8-11/h2-8,10H,9H2,1H3,(H,17,19)(H,18,20)/t10-/m0/s1. The van der Waals surface area contributed by atoms with Crippen molar-refractivity contribution < 1.29 is 14.0 Å². The average Bonchev–Trinajstić information content (AvgIpc) is 2.97. The summed E-state index contributed by atoms with van der Waals surface area (Å²) >= 11 is 5.83. The zero-order valence-electron chi connectivity index (χ0n) is 11.4. The third-order valence-corrected chi connectivity index (χ3v) is 3.08. The molecule has 5 nitrogen and oxygen atoms in total. The van der Waals surface area contributed by atoms with Crippen molar-refractivity contribution in [3.8, 4) is 0 Å². The quantitative estimate of drug-likeness (QED) is 0.891. The van der Waals surface area contributed by atoms with Gasteiger partial charge in [0, 0.05) is 10.6 Å². The Bertz CT molecular complexity index is 626.